The van der Waals surface area contributed by atoms with Crippen LogP contribution in [0.5, 0.6) is 0 Å². The Morgan fingerprint density at radius 1 is 1.05 bits per heavy atom. The molecule has 1 rings (SSSR count). The van der Waals surface area contributed by atoms with Crippen molar-refractivity contribution in [2.75, 3.05) is 13.1 Å². The lowest BCUT2D eigenvalue weighted by molar-refractivity contribution is -0.128. The first kappa shape index (κ1) is 18.2. The third-order valence-corrected chi connectivity index (χ3v) is 3.59. The summed E-state index contributed by atoms with van der Waals surface area (Å²) in [6.07, 6.45) is 1.23. The van der Waals surface area contributed by atoms with Gasteiger partial charge in [-0.25, -0.2) is 0 Å². The topological polar surface area (TPSA) is 58.2 Å². The molecule has 0 aliphatic heterocycles. The molecule has 0 saturated heterocycles. The van der Waals surface area contributed by atoms with Gasteiger partial charge in [-0.3, -0.25) is 9.59 Å². The van der Waals surface area contributed by atoms with Crippen LogP contribution in [0.1, 0.15) is 52.0 Å². The Labute approximate surface area is 133 Å². The van der Waals surface area contributed by atoms with E-state index in [0.717, 1.165) is 6.42 Å². The molecule has 1 aromatic carbocycles. The van der Waals surface area contributed by atoms with Crippen molar-refractivity contribution in [3.05, 3.63) is 35.9 Å². The second-order valence-corrected chi connectivity index (χ2v) is 6.71. The summed E-state index contributed by atoms with van der Waals surface area (Å²) >= 11 is 0. The van der Waals surface area contributed by atoms with E-state index < -0.39 is 5.41 Å². The molecule has 4 nitrogen and oxygen atoms in total. The van der Waals surface area contributed by atoms with E-state index in [0.29, 0.717) is 25.4 Å². The van der Waals surface area contributed by atoms with Gasteiger partial charge >= 0.3 is 0 Å². The van der Waals surface area contributed by atoms with Gasteiger partial charge in [-0.2, -0.15) is 0 Å². The highest BCUT2D eigenvalue weighted by Crippen LogP contribution is 2.17. The third-order valence-electron chi connectivity index (χ3n) is 3.59. The zero-order valence-corrected chi connectivity index (χ0v) is 14.1. The number of carbonyl (C=O) groups excluding carboxylic acids is 2. The highest BCUT2D eigenvalue weighted by Gasteiger charge is 2.20. The minimum Gasteiger partial charge on any atom is -0.356 e. The molecule has 22 heavy (non-hydrogen) atoms. The molecule has 0 aliphatic carbocycles. The molecule has 0 aliphatic rings. The molecular weight excluding hydrogens is 276 g/mol. The molecule has 1 unspecified atom stereocenters. The van der Waals surface area contributed by atoms with Gasteiger partial charge in [0.25, 0.3) is 0 Å². The van der Waals surface area contributed by atoms with Crippen LogP contribution in [0.4, 0.5) is 0 Å². The van der Waals surface area contributed by atoms with Crippen LogP contribution >= 0.6 is 0 Å². The van der Waals surface area contributed by atoms with Crippen LogP contribution in [-0.2, 0) is 9.59 Å². The van der Waals surface area contributed by atoms with E-state index in [9.17, 15) is 9.59 Å². The fourth-order valence-electron chi connectivity index (χ4n) is 2.02. The molecule has 1 atom stereocenters. The van der Waals surface area contributed by atoms with Crippen molar-refractivity contribution in [1.29, 1.82) is 0 Å². The molecule has 0 spiro atoms. The van der Waals surface area contributed by atoms with Crippen molar-refractivity contribution in [1.82, 2.24) is 10.6 Å². The van der Waals surface area contributed by atoms with Crippen molar-refractivity contribution < 1.29 is 9.59 Å². The first-order valence-electron chi connectivity index (χ1n) is 7.90. The first-order chi connectivity index (χ1) is 10.3. The van der Waals surface area contributed by atoms with Crippen LogP contribution in [-0.4, -0.2) is 24.9 Å². The second-order valence-electron chi connectivity index (χ2n) is 6.71. The quantitative estimate of drug-likeness (QED) is 0.814. The molecule has 4 heteroatoms. The lowest BCUT2D eigenvalue weighted by Crippen LogP contribution is -2.37. The Balaban J connectivity index is 2.17. The van der Waals surface area contributed by atoms with Crippen molar-refractivity contribution in [2.24, 2.45) is 5.41 Å². The normalized spacial score (nSPS) is 12.5. The van der Waals surface area contributed by atoms with Crippen molar-refractivity contribution in [3.63, 3.8) is 0 Å². The van der Waals surface area contributed by atoms with Crippen LogP contribution in [0, 0.1) is 5.41 Å². The molecule has 2 N–H and O–H groups in total. The first-order valence-corrected chi connectivity index (χ1v) is 7.90. The Hall–Kier alpha value is -1.84. The van der Waals surface area contributed by atoms with E-state index in [1.54, 1.807) is 0 Å². The minimum absolute atomic E-state index is 0.0190. The standard InChI is InChI=1S/C18H28N2O2/c1-14(15-8-6-5-7-9-15)10-12-19-16(21)11-13-20-17(22)18(2,3)4/h5-9,14H,10-13H2,1-4H3,(H,19,21)(H,20,22). The smallest absolute Gasteiger partial charge is 0.225 e. The average Bonchev–Trinajstić information content (AvgIpc) is 2.47. The zero-order chi connectivity index (χ0) is 16.6. The number of rotatable bonds is 7. The number of hydrogen-bond donors (Lipinski definition) is 2. The van der Waals surface area contributed by atoms with Gasteiger partial charge in [-0.1, -0.05) is 58.0 Å². The Morgan fingerprint density at radius 2 is 1.68 bits per heavy atom. The summed E-state index contributed by atoms with van der Waals surface area (Å²) < 4.78 is 0. The van der Waals surface area contributed by atoms with Gasteiger partial charge in [-0.15, -0.1) is 0 Å². The summed E-state index contributed by atoms with van der Waals surface area (Å²) in [5.74, 6) is 0.370. The zero-order valence-electron chi connectivity index (χ0n) is 14.1. The third kappa shape index (κ3) is 6.74. The van der Waals surface area contributed by atoms with Crippen molar-refractivity contribution >= 4 is 11.8 Å². The van der Waals surface area contributed by atoms with Gasteiger partial charge in [0.2, 0.25) is 11.8 Å². The predicted octanol–water partition coefficient (Wildman–Crippen LogP) is 2.85. The van der Waals surface area contributed by atoms with Gasteiger partial charge in [0.15, 0.2) is 0 Å². The number of benzene rings is 1. The largest absolute Gasteiger partial charge is 0.356 e. The lowest BCUT2D eigenvalue weighted by atomic mass is 9.96. The SMILES string of the molecule is CC(CCNC(=O)CCNC(=O)C(C)(C)C)c1ccccc1. The van der Waals surface area contributed by atoms with Gasteiger partial charge in [0.1, 0.15) is 0 Å². The predicted molar refractivity (Wildman–Crippen MR) is 89.6 cm³/mol. The molecule has 122 valence electrons. The monoisotopic (exact) mass is 304 g/mol. The van der Waals surface area contributed by atoms with E-state index in [-0.39, 0.29) is 11.8 Å². The van der Waals surface area contributed by atoms with Gasteiger partial charge in [0.05, 0.1) is 0 Å². The molecule has 0 bridgehead atoms. The average molecular weight is 304 g/mol. The summed E-state index contributed by atoms with van der Waals surface area (Å²) in [5.41, 5.74) is 0.871. The summed E-state index contributed by atoms with van der Waals surface area (Å²) in [7, 11) is 0. The van der Waals surface area contributed by atoms with Gasteiger partial charge in [-0.05, 0) is 17.9 Å². The molecule has 1 aromatic rings. The maximum absolute atomic E-state index is 11.7. The van der Waals surface area contributed by atoms with E-state index >= 15 is 0 Å². The van der Waals surface area contributed by atoms with Crippen LogP contribution in [0.15, 0.2) is 30.3 Å². The van der Waals surface area contributed by atoms with Crippen molar-refractivity contribution in [3.8, 4) is 0 Å². The fourth-order valence-corrected chi connectivity index (χ4v) is 2.02. The van der Waals surface area contributed by atoms with E-state index in [1.165, 1.54) is 5.56 Å². The summed E-state index contributed by atoms with van der Waals surface area (Å²) in [4.78, 5) is 23.4. The fraction of sp³-hybridized carbons (Fsp3) is 0.556. The molecule has 0 heterocycles. The van der Waals surface area contributed by atoms with Gasteiger partial charge < -0.3 is 10.6 Å². The van der Waals surface area contributed by atoms with Gasteiger partial charge in [0, 0.05) is 24.9 Å². The Bertz CT molecular complexity index is 478. The van der Waals surface area contributed by atoms with E-state index in [1.807, 2.05) is 39.0 Å². The minimum atomic E-state index is -0.415. The molecule has 0 aromatic heterocycles. The number of hydrogen-bond acceptors (Lipinski definition) is 2. The Morgan fingerprint density at radius 3 is 2.27 bits per heavy atom. The maximum Gasteiger partial charge on any atom is 0.225 e. The second kappa shape index (κ2) is 8.57. The lowest BCUT2D eigenvalue weighted by Gasteiger charge is -2.17. The molecule has 0 radical (unpaired) electrons. The van der Waals surface area contributed by atoms with Crippen molar-refractivity contribution in [2.45, 2.75) is 46.5 Å². The van der Waals surface area contributed by atoms with Crippen LogP contribution in [0.2, 0.25) is 0 Å². The van der Waals surface area contributed by atoms with E-state index in [4.69, 9.17) is 0 Å². The number of amides is 2. The Kier molecular flexibility index (Phi) is 7.09. The molecular formula is C18H28N2O2. The van der Waals surface area contributed by atoms with Crippen LogP contribution in [0.3, 0.4) is 0 Å². The molecule has 0 saturated carbocycles. The highest BCUT2D eigenvalue weighted by molar-refractivity contribution is 5.82. The number of carbonyl (C=O) groups is 2. The molecule has 0 fully saturated rings. The van der Waals surface area contributed by atoms with E-state index in [2.05, 4.69) is 29.7 Å². The van der Waals surface area contributed by atoms with Crippen LogP contribution < -0.4 is 10.6 Å². The molecule has 2 amide bonds. The summed E-state index contributed by atoms with van der Waals surface area (Å²) in [6.45, 7) is 8.76. The maximum atomic E-state index is 11.7. The summed E-state index contributed by atoms with van der Waals surface area (Å²) in [6, 6.07) is 10.3. The summed E-state index contributed by atoms with van der Waals surface area (Å²) in [5, 5.41) is 5.68. The number of nitrogens with one attached hydrogen (secondary N) is 2. The van der Waals surface area contributed by atoms with Crippen LogP contribution in [0.25, 0.3) is 0 Å². The highest BCUT2D eigenvalue weighted by atomic mass is 16.2.